The Morgan fingerprint density at radius 3 is 2.39 bits per heavy atom. The molecule has 1 saturated carbocycles. The molecule has 1 aliphatic heterocycles. The Morgan fingerprint density at radius 2 is 1.76 bits per heavy atom. The Morgan fingerprint density at radius 1 is 1.06 bits per heavy atom. The minimum absolute atomic E-state index is 0.0642. The Labute approximate surface area is 204 Å². The fraction of sp³-hybridized carbons (Fsp3) is 0.571. The Hall–Kier alpha value is -1.59. The van der Waals surface area contributed by atoms with Crippen molar-refractivity contribution in [3.63, 3.8) is 0 Å². The number of aliphatic hydroxyl groups is 1. The van der Waals surface area contributed by atoms with Crippen molar-refractivity contribution < 1.29 is 9.84 Å². The maximum absolute atomic E-state index is 11.8. The van der Waals surface area contributed by atoms with Crippen molar-refractivity contribution in [3.8, 4) is 5.75 Å². The lowest BCUT2D eigenvalue weighted by molar-refractivity contribution is -0.0335. The van der Waals surface area contributed by atoms with Crippen LogP contribution in [-0.2, 0) is 6.61 Å². The van der Waals surface area contributed by atoms with Crippen LogP contribution in [0.2, 0.25) is 5.02 Å². The molecular formula is C28H39ClN2O2. The van der Waals surface area contributed by atoms with Gasteiger partial charge in [-0.3, -0.25) is 0 Å². The summed E-state index contributed by atoms with van der Waals surface area (Å²) >= 11 is 6.69. The minimum atomic E-state index is -0.660. The third kappa shape index (κ3) is 6.30. The molecule has 2 fully saturated rings. The molecule has 5 heteroatoms. The molecular weight excluding hydrogens is 432 g/mol. The molecule has 33 heavy (non-hydrogen) atoms. The zero-order valence-corrected chi connectivity index (χ0v) is 20.9. The van der Waals surface area contributed by atoms with E-state index in [-0.39, 0.29) is 5.92 Å². The first-order valence-electron chi connectivity index (χ1n) is 12.5. The maximum Gasteiger partial charge on any atom is 0.138 e. The second kappa shape index (κ2) is 11.2. The summed E-state index contributed by atoms with van der Waals surface area (Å²) < 4.78 is 6.00. The predicted molar refractivity (Wildman–Crippen MR) is 136 cm³/mol. The van der Waals surface area contributed by atoms with Crippen molar-refractivity contribution in [2.75, 3.05) is 33.7 Å². The number of piperidine rings is 1. The van der Waals surface area contributed by atoms with Crippen LogP contribution in [0.5, 0.6) is 5.75 Å². The molecule has 1 atom stereocenters. The molecule has 180 valence electrons. The molecule has 2 aliphatic rings. The topological polar surface area (TPSA) is 35.9 Å². The Kier molecular flexibility index (Phi) is 8.34. The predicted octanol–water partition coefficient (Wildman–Crippen LogP) is 5.72. The molecule has 0 aromatic heterocycles. The van der Waals surface area contributed by atoms with E-state index in [1.807, 2.05) is 30.3 Å². The fourth-order valence-electron chi connectivity index (χ4n) is 5.56. The SMILES string of the molecule is CN(C)C1CCN(CC(c2ccc(OCc3ccccc3)c(Cl)c2)C2(O)CCCCC2)CC1. The molecule has 0 spiro atoms. The van der Waals surface area contributed by atoms with Crippen LogP contribution in [0.1, 0.15) is 62.0 Å². The molecule has 0 radical (unpaired) electrons. The largest absolute Gasteiger partial charge is 0.487 e. The average molecular weight is 471 g/mol. The van der Waals surface area contributed by atoms with Gasteiger partial charge in [0.25, 0.3) is 0 Å². The van der Waals surface area contributed by atoms with Crippen LogP contribution >= 0.6 is 11.6 Å². The van der Waals surface area contributed by atoms with Crippen molar-refractivity contribution >= 4 is 11.6 Å². The molecule has 2 aromatic carbocycles. The zero-order chi connectivity index (χ0) is 23.3. The first kappa shape index (κ1) is 24.5. The van der Waals surface area contributed by atoms with Crippen molar-refractivity contribution in [1.82, 2.24) is 9.80 Å². The van der Waals surface area contributed by atoms with Crippen LogP contribution in [0.25, 0.3) is 0 Å². The minimum Gasteiger partial charge on any atom is -0.487 e. The van der Waals surface area contributed by atoms with Crippen LogP contribution in [0.15, 0.2) is 48.5 Å². The standard InChI is InChI=1S/C28H39ClN2O2/c1-30(2)24-13-17-31(18-14-24)20-25(28(32)15-7-4-8-16-28)23-11-12-27(26(29)19-23)33-21-22-9-5-3-6-10-22/h3,5-6,9-12,19,24-25,32H,4,7-8,13-18,20-21H2,1-2H3. The van der Waals surface area contributed by atoms with Gasteiger partial charge >= 0.3 is 0 Å². The van der Waals surface area contributed by atoms with Gasteiger partial charge in [0.1, 0.15) is 12.4 Å². The van der Waals surface area contributed by atoms with Crippen LogP contribution in [0.4, 0.5) is 0 Å². The maximum atomic E-state index is 11.8. The summed E-state index contributed by atoms with van der Waals surface area (Å²) in [5.74, 6) is 0.764. The molecule has 1 saturated heterocycles. The first-order chi connectivity index (χ1) is 15.9. The average Bonchev–Trinajstić information content (AvgIpc) is 2.83. The Bertz CT molecular complexity index is 875. The van der Waals surface area contributed by atoms with E-state index < -0.39 is 5.60 Å². The van der Waals surface area contributed by atoms with E-state index >= 15 is 0 Å². The molecule has 2 aromatic rings. The van der Waals surface area contributed by atoms with E-state index in [0.29, 0.717) is 23.4 Å². The van der Waals surface area contributed by atoms with Crippen LogP contribution in [0.3, 0.4) is 0 Å². The number of likely N-dealkylation sites (tertiary alicyclic amines) is 1. The molecule has 1 aliphatic carbocycles. The summed E-state index contributed by atoms with van der Waals surface area (Å²) in [7, 11) is 4.36. The number of hydrogen-bond acceptors (Lipinski definition) is 4. The molecule has 4 rings (SSSR count). The Balaban J connectivity index is 1.49. The highest BCUT2D eigenvalue weighted by molar-refractivity contribution is 6.32. The summed E-state index contributed by atoms with van der Waals surface area (Å²) in [6, 6.07) is 16.9. The van der Waals surface area contributed by atoms with Gasteiger partial charge in [0.2, 0.25) is 0 Å². The van der Waals surface area contributed by atoms with Crippen LogP contribution in [0, 0.1) is 0 Å². The van der Waals surface area contributed by atoms with E-state index in [1.54, 1.807) is 0 Å². The lowest BCUT2D eigenvalue weighted by Gasteiger charge is -2.43. The molecule has 4 nitrogen and oxygen atoms in total. The summed E-state index contributed by atoms with van der Waals surface area (Å²) in [5, 5.41) is 12.4. The monoisotopic (exact) mass is 470 g/mol. The molecule has 1 heterocycles. The highest BCUT2D eigenvalue weighted by Gasteiger charge is 2.40. The van der Waals surface area contributed by atoms with Gasteiger partial charge in [-0.2, -0.15) is 0 Å². The highest BCUT2D eigenvalue weighted by atomic mass is 35.5. The van der Waals surface area contributed by atoms with Gasteiger partial charge in [-0.25, -0.2) is 0 Å². The van der Waals surface area contributed by atoms with Crippen LogP contribution < -0.4 is 4.74 Å². The highest BCUT2D eigenvalue weighted by Crippen LogP contribution is 2.42. The summed E-state index contributed by atoms with van der Waals surface area (Å²) in [5.41, 5.74) is 1.59. The number of nitrogens with zero attached hydrogens (tertiary/aromatic N) is 2. The third-order valence-electron chi connectivity index (χ3n) is 7.69. The second-order valence-corrected chi connectivity index (χ2v) is 10.6. The smallest absolute Gasteiger partial charge is 0.138 e. The van der Waals surface area contributed by atoms with Gasteiger partial charge in [-0.15, -0.1) is 0 Å². The van der Waals surface area contributed by atoms with Crippen molar-refractivity contribution in [1.29, 1.82) is 0 Å². The molecule has 1 N–H and O–H groups in total. The number of rotatable bonds is 8. The zero-order valence-electron chi connectivity index (χ0n) is 20.2. The number of ether oxygens (including phenoxy) is 1. The number of hydrogen-bond donors (Lipinski definition) is 1. The molecule has 0 amide bonds. The van der Waals surface area contributed by atoms with E-state index in [4.69, 9.17) is 16.3 Å². The van der Waals surface area contributed by atoms with Gasteiger partial charge in [-0.1, -0.05) is 67.3 Å². The lowest BCUT2D eigenvalue weighted by atomic mass is 9.72. The van der Waals surface area contributed by atoms with E-state index in [1.165, 1.54) is 19.3 Å². The summed E-state index contributed by atoms with van der Waals surface area (Å²) in [6.07, 6.45) is 7.53. The van der Waals surface area contributed by atoms with Crippen molar-refractivity contribution in [2.24, 2.45) is 0 Å². The quantitative estimate of drug-likeness (QED) is 0.535. The van der Waals surface area contributed by atoms with Gasteiger partial charge in [0.15, 0.2) is 0 Å². The number of benzene rings is 2. The van der Waals surface area contributed by atoms with Crippen molar-refractivity contribution in [3.05, 3.63) is 64.7 Å². The second-order valence-electron chi connectivity index (χ2n) is 10.2. The van der Waals surface area contributed by atoms with E-state index in [2.05, 4.69) is 42.1 Å². The summed E-state index contributed by atoms with van der Waals surface area (Å²) in [6.45, 7) is 3.55. The van der Waals surface area contributed by atoms with Crippen LogP contribution in [-0.4, -0.2) is 60.3 Å². The first-order valence-corrected chi connectivity index (χ1v) is 12.9. The molecule has 0 bridgehead atoms. The van der Waals surface area contributed by atoms with Gasteiger partial charge < -0.3 is 19.6 Å². The normalized spacial score (nSPS) is 20.6. The van der Waals surface area contributed by atoms with Gasteiger partial charge in [0.05, 0.1) is 10.6 Å². The van der Waals surface area contributed by atoms with Gasteiger partial charge in [-0.05, 0) is 76.1 Å². The molecule has 1 unspecified atom stereocenters. The van der Waals surface area contributed by atoms with E-state index in [0.717, 1.165) is 56.4 Å². The third-order valence-corrected chi connectivity index (χ3v) is 7.99. The van der Waals surface area contributed by atoms with Crippen molar-refractivity contribution in [2.45, 2.75) is 69.1 Å². The fourth-order valence-corrected chi connectivity index (χ4v) is 5.80. The number of halogens is 1. The lowest BCUT2D eigenvalue weighted by Crippen LogP contribution is -2.48. The van der Waals surface area contributed by atoms with E-state index in [9.17, 15) is 5.11 Å². The summed E-state index contributed by atoms with van der Waals surface area (Å²) in [4.78, 5) is 4.89. The van der Waals surface area contributed by atoms with Gasteiger partial charge in [0, 0.05) is 18.5 Å².